The molecule has 2 aromatic carbocycles. The van der Waals surface area contributed by atoms with E-state index in [0.717, 1.165) is 62.0 Å². The highest BCUT2D eigenvalue weighted by Gasteiger charge is 2.49. The number of carbonyl (C=O) groups is 2. The van der Waals surface area contributed by atoms with Crippen molar-refractivity contribution in [2.24, 2.45) is 0 Å². The number of hydrogen-bond donors (Lipinski definition) is 1. The van der Waals surface area contributed by atoms with Gasteiger partial charge in [-0.1, -0.05) is 68.3 Å². The third-order valence-electron chi connectivity index (χ3n) is 9.40. The van der Waals surface area contributed by atoms with Crippen LogP contribution in [0, 0.1) is 0 Å². The van der Waals surface area contributed by atoms with Crippen molar-refractivity contribution in [3.05, 3.63) is 58.6 Å². The van der Waals surface area contributed by atoms with E-state index in [2.05, 4.69) is 23.3 Å². The number of benzene rings is 2. The topological polar surface area (TPSA) is 52.7 Å². The first-order chi connectivity index (χ1) is 18.4. The third-order valence-corrected chi connectivity index (χ3v) is 9.65. The van der Waals surface area contributed by atoms with Gasteiger partial charge < -0.3 is 10.2 Å². The molecule has 1 aliphatic heterocycles. The second-order valence-corrected chi connectivity index (χ2v) is 12.1. The summed E-state index contributed by atoms with van der Waals surface area (Å²) in [6, 6.07) is 14.5. The van der Waals surface area contributed by atoms with Crippen LogP contribution >= 0.6 is 11.6 Å². The molecule has 3 aliphatic rings. The zero-order valence-electron chi connectivity index (χ0n) is 23.0. The number of likely N-dealkylation sites (N-methyl/N-ethyl adjacent to an activating group) is 1. The number of hydrogen-bond acceptors (Lipinski definition) is 3. The highest BCUT2D eigenvalue weighted by molar-refractivity contribution is 6.30. The zero-order valence-corrected chi connectivity index (χ0v) is 23.7. The van der Waals surface area contributed by atoms with Crippen LogP contribution in [-0.4, -0.2) is 41.9 Å². The molecule has 38 heavy (non-hydrogen) atoms. The monoisotopic (exact) mass is 535 g/mol. The number of amides is 2. The Kier molecular flexibility index (Phi) is 8.44. The average molecular weight is 536 g/mol. The van der Waals surface area contributed by atoms with Crippen LogP contribution in [0.5, 0.6) is 0 Å². The van der Waals surface area contributed by atoms with E-state index in [-0.39, 0.29) is 23.3 Å². The molecular weight excluding hydrogens is 494 g/mol. The summed E-state index contributed by atoms with van der Waals surface area (Å²) < 4.78 is 0. The molecule has 1 atom stereocenters. The summed E-state index contributed by atoms with van der Waals surface area (Å²) in [5.74, 6) is -0.238. The fourth-order valence-corrected chi connectivity index (χ4v) is 7.52. The highest BCUT2D eigenvalue weighted by Crippen LogP contribution is 2.47. The summed E-state index contributed by atoms with van der Waals surface area (Å²) >= 11 is 6.29. The summed E-state index contributed by atoms with van der Waals surface area (Å²) in [7, 11) is 2.28. The van der Waals surface area contributed by atoms with Crippen LogP contribution in [0.25, 0.3) is 0 Å². The van der Waals surface area contributed by atoms with E-state index >= 15 is 0 Å². The molecule has 1 N–H and O–H groups in total. The SMILES string of the molecule is CC(=O)N1CCCc2ccc(NC(=O)C(c3ccc(Cl)cc3)C3(N(C)C4CCCCC4)CCCCC3)cc21. The van der Waals surface area contributed by atoms with Gasteiger partial charge in [-0.25, -0.2) is 0 Å². The van der Waals surface area contributed by atoms with Crippen molar-refractivity contribution in [3.8, 4) is 0 Å². The smallest absolute Gasteiger partial charge is 0.233 e. The molecule has 5 nitrogen and oxygen atoms in total. The van der Waals surface area contributed by atoms with Gasteiger partial charge in [0, 0.05) is 41.4 Å². The number of fused-ring (bicyclic) bond motifs is 1. The van der Waals surface area contributed by atoms with Gasteiger partial charge in [-0.05, 0) is 81.0 Å². The van der Waals surface area contributed by atoms with Gasteiger partial charge in [-0.15, -0.1) is 0 Å². The molecular formula is C32H42ClN3O2. The summed E-state index contributed by atoms with van der Waals surface area (Å²) in [6.07, 6.45) is 13.7. The first-order valence-electron chi connectivity index (χ1n) is 14.6. The van der Waals surface area contributed by atoms with Crippen molar-refractivity contribution in [1.82, 2.24) is 4.90 Å². The maximum atomic E-state index is 14.4. The van der Waals surface area contributed by atoms with E-state index in [4.69, 9.17) is 11.6 Å². The maximum Gasteiger partial charge on any atom is 0.233 e. The standard InChI is InChI=1S/C32H42ClN3O2/c1-23(37)36-21-9-10-24-15-18-27(22-29(24)36)34-31(38)30(25-13-16-26(33)17-14-25)32(19-7-4-8-20-32)35(2)28-11-5-3-6-12-28/h13-18,22,28,30H,3-12,19-21H2,1-2H3,(H,34,38). The molecule has 2 amide bonds. The van der Waals surface area contributed by atoms with Gasteiger partial charge in [-0.3, -0.25) is 14.5 Å². The van der Waals surface area contributed by atoms with E-state index in [1.54, 1.807) is 6.92 Å². The van der Waals surface area contributed by atoms with Crippen LogP contribution in [0.4, 0.5) is 11.4 Å². The average Bonchev–Trinajstić information content (AvgIpc) is 2.94. The molecule has 1 heterocycles. The van der Waals surface area contributed by atoms with E-state index < -0.39 is 0 Å². The third kappa shape index (κ3) is 5.51. The van der Waals surface area contributed by atoms with Crippen molar-refractivity contribution in [2.75, 3.05) is 23.8 Å². The van der Waals surface area contributed by atoms with Crippen molar-refractivity contribution in [1.29, 1.82) is 0 Å². The summed E-state index contributed by atoms with van der Waals surface area (Å²) in [5.41, 5.74) is 3.64. The lowest BCUT2D eigenvalue weighted by atomic mass is 9.67. The first kappa shape index (κ1) is 27.2. The number of nitrogens with zero attached hydrogens (tertiary/aromatic N) is 2. The van der Waals surface area contributed by atoms with E-state index in [9.17, 15) is 9.59 Å². The maximum absolute atomic E-state index is 14.4. The molecule has 2 saturated carbocycles. The van der Waals surface area contributed by atoms with E-state index in [0.29, 0.717) is 11.1 Å². The molecule has 2 aromatic rings. The Morgan fingerprint density at radius 3 is 2.34 bits per heavy atom. The second kappa shape index (κ2) is 11.8. The number of halogens is 1. The molecule has 2 fully saturated rings. The predicted molar refractivity (Wildman–Crippen MR) is 156 cm³/mol. The van der Waals surface area contributed by atoms with Crippen molar-refractivity contribution < 1.29 is 9.59 Å². The minimum absolute atomic E-state index is 0.0296. The lowest BCUT2D eigenvalue weighted by Gasteiger charge is -2.53. The number of rotatable bonds is 6. The Morgan fingerprint density at radius 2 is 1.66 bits per heavy atom. The van der Waals surface area contributed by atoms with Gasteiger partial charge >= 0.3 is 0 Å². The molecule has 0 radical (unpaired) electrons. The molecule has 6 heteroatoms. The molecule has 2 aliphatic carbocycles. The fourth-order valence-electron chi connectivity index (χ4n) is 7.40. The van der Waals surface area contributed by atoms with E-state index in [1.807, 2.05) is 41.3 Å². The van der Waals surface area contributed by atoms with E-state index in [1.165, 1.54) is 44.1 Å². The highest BCUT2D eigenvalue weighted by atomic mass is 35.5. The van der Waals surface area contributed by atoms with Crippen molar-refractivity contribution in [3.63, 3.8) is 0 Å². The Bertz CT molecular complexity index is 1140. The van der Waals surface area contributed by atoms with Gasteiger partial charge in [0.2, 0.25) is 11.8 Å². The molecule has 5 rings (SSSR count). The van der Waals surface area contributed by atoms with Crippen LogP contribution in [0.3, 0.4) is 0 Å². The minimum Gasteiger partial charge on any atom is -0.325 e. The Labute approximate surface area is 232 Å². The normalized spacial score (nSPS) is 20.6. The summed E-state index contributed by atoms with van der Waals surface area (Å²) in [4.78, 5) is 31.2. The Balaban J connectivity index is 1.52. The van der Waals surface area contributed by atoms with Crippen LogP contribution in [0.15, 0.2) is 42.5 Å². The number of carbonyl (C=O) groups excluding carboxylic acids is 2. The van der Waals surface area contributed by atoms with Gasteiger partial charge in [0.1, 0.15) is 0 Å². The molecule has 0 aromatic heterocycles. The van der Waals surface area contributed by atoms with Crippen LogP contribution in [-0.2, 0) is 16.0 Å². The molecule has 0 saturated heterocycles. The largest absolute Gasteiger partial charge is 0.325 e. The van der Waals surface area contributed by atoms with Gasteiger partial charge in [0.05, 0.1) is 5.92 Å². The van der Waals surface area contributed by atoms with Gasteiger partial charge in [0.25, 0.3) is 0 Å². The number of anilines is 2. The molecule has 0 bridgehead atoms. The van der Waals surface area contributed by atoms with Crippen LogP contribution < -0.4 is 10.2 Å². The summed E-state index contributed by atoms with van der Waals surface area (Å²) in [5, 5.41) is 3.99. The predicted octanol–water partition coefficient (Wildman–Crippen LogP) is 7.33. The first-order valence-corrected chi connectivity index (χ1v) is 15.0. The van der Waals surface area contributed by atoms with Gasteiger partial charge in [-0.2, -0.15) is 0 Å². The Hall–Kier alpha value is -2.37. The molecule has 1 unspecified atom stereocenters. The van der Waals surface area contributed by atoms with Gasteiger partial charge in [0.15, 0.2) is 0 Å². The lowest BCUT2D eigenvalue weighted by molar-refractivity contribution is -0.123. The fraction of sp³-hybridized carbons (Fsp3) is 0.562. The zero-order chi connectivity index (χ0) is 26.7. The summed E-state index contributed by atoms with van der Waals surface area (Å²) in [6.45, 7) is 2.34. The van der Waals surface area contributed by atoms with Crippen LogP contribution in [0.1, 0.15) is 94.6 Å². The quantitative estimate of drug-likeness (QED) is 0.421. The number of nitrogens with one attached hydrogen (secondary N) is 1. The van der Waals surface area contributed by atoms with Crippen molar-refractivity contribution >= 4 is 34.8 Å². The second-order valence-electron chi connectivity index (χ2n) is 11.7. The lowest BCUT2D eigenvalue weighted by Crippen LogP contribution is -2.58. The molecule has 0 spiro atoms. The van der Waals surface area contributed by atoms with Crippen molar-refractivity contribution in [2.45, 2.75) is 101 Å². The van der Waals surface area contributed by atoms with Crippen LogP contribution in [0.2, 0.25) is 5.02 Å². The number of aryl methyl sites for hydroxylation is 1. The minimum atomic E-state index is -0.313. The Morgan fingerprint density at radius 1 is 0.974 bits per heavy atom. The molecule has 204 valence electrons.